The number of nitrogens with one attached hydrogen (secondary N) is 1. The minimum absolute atomic E-state index is 0.115. The molecule has 4 heteroatoms. The molecule has 1 aromatic carbocycles. The third-order valence-electron chi connectivity index (χ3n) is 3.06. The Hall–Kier alpha value is -0.350. The van der Waals surface area contributed by atoms with Gasteiger partial charge in [0.1, 0.15) is 0 Å². The average molecular weight is 361 g/mol. The van der Waals surface area contributed by atoms with Crippen LogP contribution in [0.1, 0.15) is 24.8 Å². The Morgan fingerprint density at radius 2 is 2.00 bits per heavy atom. The zero-order chi connectivity index (χ0) is 12.3. The second-order valence-corrected chi connectivity index (χ2v) is 6.52. The van der Waals surface area contributed by atoms with Gasteiger partial charge in [-0.2, -0.15) is 0 Å². The fraction of sp³-hybridized carbons (Fsp3) is 0.462. The molecule has 0 spiro atoms. The number of hydrogen-bond acceptors (Lipinski definition) is 1. The third kappa shape index (κ3) is 3.81. The van der Waals surface area contributed by atoms with Gasteiger partial charge in [-0.3, -0.25) is 4.79 Å². The topological polar surface area (TPSA) is 29.1 Å². The number of amides is 1. The Labute approximate surface area is 118 Å². The molecule has 2 atom stereocenters. The van der Waals surface area contributed by atoms with Crippen molar-refractivity contribution in [2.75, 3.05) is 0 Å². The van der Waals surface area contributed by atoms with Crippen LogP contribution in [0.25, 0.3) is 0 Å². The van der Waals surface area contributed by atoms with Crippen molar-refractivity contribution in [3.63, 3.8) is 0 Å². The molecule has 1 amide bonds. The van der Waals surface area contributed by atoms with Crippen LogP contribution in [0, 0.1) is 0 Å². The van der Waals surface area contributed by atoms with E-state index in [1.54, 1.807) is 0 Å². The summed E-state index contributed by atoms with van der Waals surface area (Å²) >= 11 is 6.99. The maximum Gasteiger partial charge on any atom is 0.224 e. The van der Waals surface area contributed by atoms with E-state index < -0.39 is 0 Å². The summed E-state index contributed by atoms with van der Waals surface area (Å²) in [6.07, 6.45) is 3.90. The van der Waals surface area contributed by atoms with Gasteiger partial charge in [-0.1, -0.05) is 50.4 Å². The third-order valence-corrected chi connectivity index (χ3v) is 4.68. The molecule has 2 nitrogen and oxygen atoms in total. The minimum Gasteiger partial charge on any atom is -0.352 e. The lowest BCUT2D eigenvalue weighted by Gasteiger charge is -2.16. The van der Waals surface area contributed by atoms with Crippen molar-refractivity contribution in [1.29, 1.82) is 0 Å². The Balaban J connectivity index is 1.86. The van der Waals surface area contributed by atoms with Crippen molar-refractivity contribution in [3.05, 3.63) is 34.3 Å². The zero-order valence-electron chi connectivity index (χ0n) is 9.46. The molecule has 0 heterocycles. The Bertz CT molecular complexity index is 391. The molecule has 0 saturated heterocycles. The van der Waals surface area contributed by atoms with Gasteiger partial charge in [0.15, 0.2) is 0 Å². The van der Waals surface area contributed by atoms with Crippen molar-refractivity contribution in [2.45, 2.75) is 36.6 Å². The van der Waals surface area contributed by atoms with E-state index >= 15 is 0 Å². The molecule has 17 heavy (non-hydrogen) atoms. The van der Waals surface area contributed by atoms with E-state index in [1.165, 1.54) is 6.42 Å². The molecule has 1 saturated carbocycles. The lowest BCUT2D eigenvalue weighted by molar-refractivity contribution is -0.121. The molecular weight excluding hydrogens is 346 g/mol. The highest BCUT2D eigenvalue weighted by atomic mass is 79.9. The van der Waals surface area contributed by atoms with Gasteiger partial charge in [-0.25, -0.2) is 0 Å². The number of rotatable bonds is 3. The summed E-state index contributed by atoms with van der Waals surface area (Å²) in [4.78, 5) is 12.3. The number of carbonyl (C=O) groups excluding carboxylic acids is 1. The standard InChI is InChI=1S/C13H15Br2NO/c14-10-6-4-9(5-7-10)8-13(17)16-12-3-1-2-11(12)15/h4-7,11-12H,1-3,8H2,(H,16,17). The van der Waals surface area contributed by atoms with Crippen molar-refractivity contribution in [2.24, 2.45) is 0 Å². The average Bonchev–Trinajstić information content (AvgIpc) is 2.68. The first-order valence-electron chi connectivity index (χ1n) is 5.83. The first-order chi connectivity index (χ1) is 8.15. The molecule has 1 aliphatic carbocycles. The fourth-order valence-electron chi connectivity index (χ4n) is 2.12. The molecular formula is C13H15Br2NO. The van der Waals surface area contributed by atoms with Gasteiger partial charge in [0.2, 0.25) is 5.91 Å². The normalized spacial score (nSPS) is 23.6. The summed E-state index contributed by atoms with van der Waals surface area (Å²) in [5.41, 5.74) is 1.05. The molecule has 2 unspecified atom stereocenters. The summed E-state index contributed by atoms with van der Waals surface area (Å²) in [5, 5.41) is 3.09. The van der Waals surface area contributed by atoms with E-state index in [2.05, 4.69) is 37.2 Å². The highest BCUT2D eigenvalue weighted by Crippen LogP contribution is 2.25. The van der Waals surface area contributed by atoms with Crippen molar-refractivity contribution >= 4 is 37.8 Å². The van der Waals surface area contributed by atoms with Crippen molar-refractivity contribution in [3.8, 4) is 0 Å². The van der Waals surface area contributed by atoms with Gasteiger partial charge >= 0.3 is 0 Å². The number of benzene rings is 1. The Morgan fingerprint density at radius 3 is 2.59 bits per heavy atom. The van der Waals surface area contributed by atoms with E-state index in [-0.39, 0.29) is 5.91 Å². The molecule has 1 N–H and O–H groups in total. The highest BCUT2D eigenvalue weighted by molar-refractivity contribution is 9.10. The summed E-state index contributed by atoms with van der Waals surface area (Å²) in [5.74, 6) is 0.115. The summed E-state index contributed by atoms with van der Waals surface area (Å²) in [6, 6.07) is 8.18. The van der Waals surface area contributed by atoms with E-state index in [9.17, 15) is 4.79 Å². The monoisotopic (exact) mass is 359 g/mol. The highest BCUT2D eigenvalue weighted by Gasteiger charge is 2.25. The lowest BCUT2D eigenvalue weighted by Crippen LogP contribution is -2.38. The Kier molecular flexibility index (Phi) is 4.62. The van der Waals surface area contributed by atoms with E-state index in [1.807, 2.05) is 24.3 Å². The van der Waals surface area contributed by atoms with Gasteiger partial charge in [0.25, 0.3) is 0 Å². The summed E-state index contributed by atoms with van der Waals surface area (Å²) in [6.45, 7) is 0. The smallest absolute Gasteiger partial charge is 0.224 e. The van der Waals surface area contributed by atoms with Gasteiger partial charge in [-0.15, -0.1) is 0 Å². The maximum atomic E-state index is 11.9. The van der Waals surface area contributed by atoms with Crippen LogP contribution in [-0.2, 0) is 11.2 Å². The molecule has 0 bridgehead atoms. The maximum absolute atomic E-state index is 11.9. The van der Waals surface area contributed by atoms with Crippen LogP contribution in [0.5, 0.6) is 0 Å². The quantitative estimate of drug-likeness (QED) is 0.822. The second-order valence-electron chi connectivity index (χ2n) is 4.42. The van der Waals surface area contributed by atoms with Crippen LogP contribution in [0.15, 0.2) is 28.7 Å². The summed E-state index contributed by atoms with van der Waals surface area (Å²) in [7, 11) is 0. The van der Waals surface area contributed by atoms with Crippen LogP contribution < -0.4 is 5.32 Å². The summed E-state index contributed by atoms with van der Waals surface area (Å²) < 4.78 is 1.04. The fourth-order valence-corrected chi connectivity index (χ4v) is 3.11. The number of halogens is 2. The minimum atomic E-state index is 0.115. The van der Waals surface area contributed by atoms with Gasteiger partial charge in [-0.05, 0) is 30.5 Å². The molecule has 92 valence electrons. The molecule has 0 aliphatic heterocycles. The lowest BCUT2D eigenvalue weighted by atomic mass is 10.1. The zero-order valence-corrected chi connectivity index (χ0v) is 12.6. The van der Waals surface area contributed by atoms with Crippen molar-refractivity contribution in [1.82, 2.24) is 5.32 Å². The van der Waals surface area contributed by atoms with Crippen LogP contribution in [0.4, 0.5) is 0 Å². The van der Waals surface area contributed by atoms with Crippen LogP contribution in [-0.4, -0.2) is 16.8 Å². The molecule has 1 fully saturated rings. The Morgan fingerprint density at radius 1 is 1.29 bits per heavy atom. The van der Waals surface area contributed by atoms with Gasteiger partial charge in [0.05, 0.1) is 6.42 Å². The van der Waals surface area contributed by atoms with E-state index in [0.29, 0.717) is 17.3 Å². The van der Waals surface area contributed by atoms with Crippen LogP contribution >= 0.6 is 31.9 Å². The largest absolute Gasteiger partial charge is 0.352 e. The van der Waals surface area contributed by atoms with Crippen LogP contribution in [0.3, 0.4) is 0 Å². The second kappa shape index (κ2) is 6.01. The number of alkyl halides is 1. The number of hydrogen-bond donors (Lipinski definition) is 1. The predicted molar refractivity (Wildman–Crippen MR) is 76.3 cm³/mol. The molecule has 1 aliphatic rings. The first-order valence-corrected chi connectivity index (χ1v) is 7.54. The molecule has 0 radical (unpaired) electrons. The first kappa shape index (κ1) is 13.1. The number of carbonyl (C=O) groups is 1. The molecule has 0 aromatic heterocycles. The van der Waals surface area contributed by atoms with Crippen molar-refractivity contribution < 1.29 is 4.79 Å². The van der Waals surface area contributed by atoms with E-state index in [4.69, 9.17) is 0 Å². The van der Waals surface area contributed by atoms with E-state index in [0.717, 1.165) is 22.9 Å². The van der Waals surface area contributed by atoms with Crippen LogP contribution in [0.2, 0.25) is 0 Å². The molecule has 2 rings (SSSR count). The van der Waals surface area contributed by atoms with Gasteiger partial charge < -0.3 is 5.32 Å². The predicted octanol–water partition coefficient (Wildman–Crippen LogP) is 3.42. The van der Waals surface area contributed by atoms with Gasteiger partial charge in [0, 0.05) is 15.3 Å². The molecule has 1 aromatic rings. The SMILES string of the molecule is O=C(Cc1ccc(Br)cc1)NC1CCCC1Br.